The third-order valence-electron chi connectivity index (χ3n) is 4.10. The lowest BCUT2D eigenvalue weighted by molar-refractivity contribution is -0.115. The van der Waals surface area contributed by atoms with Gasteiger partial charge in [0.05, 0.1) is 17.9 Å². The predicted octanol–water partition coefficient (Wildman–Crippen LogP) is 4.60. The van der Waals surface area contributed by atoms with Crippen LogP contribution in [0.4, 0.5) is 11.4 Å². The second kappa shape index (κ2) is 9.21. The number of anilines is 2. The van der Waals surface area contributed by atoms with Gasteiger partial charge < -0.3 is 15.4 Å². The number of rotatable bonds is 7. The van der Waals surface area contributed by atoms with E-state index >= 15 is 0 Å². The maximum atomic E-state index is 12.3. The third kappa shape index (κ3) is 5.84. The van der Waals surface area contributed by atoms with E-state index in [2.05, 4.69) is 37.5 Å². The van der Waals surface area contributed by atoms with Crippen molar-refractivity contribution in [1.29, 1.82) is 0 Å². The van der Waals surface area contributed by atoms with Crippen LogP contribution in [0.1, 0.15) is 50.0 Å². The van der Waals surface area contributed by atoms with Gasteiger partial charge in [0.25, 0.3) is 0 Å². The molecule has 0 heterocycles. The summed E-state index contributed by atoms with van der Waals surface area (Å²) in [4.78, 5) is 24.3. The van der Waals surface area contributed by atoms with E-state index in [-0.39, 0.29) is 24.3 Å². The third-order valence-corrected chi connectivity index (χ3v) is 4.10. The first-order valence-corrected chi connectivity index (χ1v) is 9.22. The molecular weight excluding hydrogens is 340 g/mol. The molecule has 0 spiro atoms. The van der Waals surface area contributed by atoms with E-state index in [1.54, 1.807) is 31.2 Å². The number of hydrogen-bond acceptors (Lipinski definition) is 4. The van der Waals surface area contributed by atoms with Gasteiger partial charge in [-0.15, -0.1) is 0 Å². The molecular formula is C22H28N2O3. The second-order valence-corrected chi connectivity index (χ2v) is 7.29. The Labute approximate surface area is 161 Å². The highest BCUT2D eigenvalue weighted by Crippen LogP contribution is 2.29. The zero-order chi connectivity index (χ0) is 19.9. The van der Waals surface area contributed by atoms with E-state index < -0.39 is 5.97 Å². The molecule has 0 atom stereocenters. The summed E-state index contributed by atoms with van der Waals surface area (Å²) in [5.41, 5.74) is 3.09. The van der Waals surface area contributed by atoms with Crippen LogP contribution in [0.5, 0.6) is 0 Å². The molecule has 0 unspecified atom stereocenters. The van der Waals surface area contributed by atoms with Crippen LogP contribution in [0.25, 0.3) is 0 Å². The van der Waals surface area contributed by atoms with Crippen molar-refractivity contribution in [2.45, 2.75) is 39.5 Å². The zero-order valence-corrected chi connectivity index (χ0v) is 16.5. The molecule has 2 N–H and O–H groups in total. The summed E-state index contributed by atoms with van der Waals surface area (Å²) >= 11 is 0. The van der Waals surface area contributed by atoms with Crippen molar-refractivity contribution in [2.75, 3.05) is 23.8 Å². The Balaban J connectivity index is 1.96. The van der Waals surface area contributed by atoms with Gasteiger partial charge in [0, 0.05) is 18.7 Å². The lowest BCUT2D eigenvalue weighted by atomic mass is 9.86. The number of para-hydroxylation sites is 2. The Morgan fingerprint density at radius 3 is 2.26 bits per heavy atom. The number of nitrogens with one attached hydrogen (secondary N) is 2. The summed E-state index contributed by atoms with van der Waals surface area (Å²) in [7, 11) is 0. The molecule has 0 aromatic heterocycles. The zero-order valence-electron chi connectivity index (χ0n) is 16.5. The fourth-order valence-corrected chi connectivity index (χ4v) is 2.79. The lowest BCUT2D eigenvalue weighted by Gasteiger charge is -2.23. The van der Waals surface area contributed by atoms with E-state index in [9.17, 15) is 9.59 Å². The van der Waals surface area contributed by atoms with Gasteiger partial charge in [-0.25, -0.2) is 4.79 Å². The first-order chi connectivity index (χ1) is 12.8. The molecule has 2 rings (SSSR count). The first-order valence-electron chi connectivity index (χ1n) is 9.22. The molecule has 0 aliphatic carbocycles. The van der Waals surface area contributed by atoms with Gasteiger partial charge in [0.1, 0.15) is 0 Å². The molecule has 0 radical (unpaired) electrons. The highest BCUT2D eigenvalue weighted by atomic mass is 16.5. The minimum Gasteiger partial charge on any atom is -0.462 e. The van der Waals surface area contributed by atoms with E-state index in [1.165, 1.54) is 5.56 Å². The molecule has 0 saturated heterocycles. The van der Waals surface area contributed by atoms with Crippen molar-refractivity contribution >= 4 is 23.3 Å². The fraction of sp³-hybridized carbons (Fsp3) is 0.364. The van der Waals surface area contributed by atoms with Gasteiger partial charge in [-0.3, -0.25) is 4.79 Å². The largest absolute Gasteiger partial charge is 0.462 e. The van der Waals surface area contributed by atoms with Crippen LogP contribution in [0.15, 0.2) is 48.5 Å². The lowest BCUT2D eigenvalue weighted by Crippen LogP contribution is -2.20. The van der Waals surface area contributed by atoms with Crippen molar-refractivity contribution < 1.29 is 14.3 Å². The number of ether oxygens (including phenoxy) is 1. The standard InChI is InChI=1S/C22H28N2O3/c1-5-27-21(26)16-10-6-8-12-18(16)24-20(25)14-15-23-19-13-9-7-11-17(19)22(2,3)4/h6-13,23H,5,14-15H2,1-4H3,(H,24,25). The summed E-state index contributed by atoms with van der Waals surface area (Å²) in [6.45, 7) is 9.02. The molecule has 0 aliphatic rings. The molecule has 0 bridgehead atoms. The maximum Gasteiger partial charge on any atom is 0.340 e. The van der Waals surface area contributed by atoms with Crippen LogP contribution in [0.2, 0.25) is 0 Å². The Hall–Kier alpha value is -2.82. The van der Waals surface area contributed by atoms with Crippen molar-refractivity contribution in [3.05, 3.63) is 59.7 Å². The fourth-order valence-electron chi connectivity index (χ4n) is 2.79. The molecule has 0 saturated carbocycles. The minimum atomic E-state index is -0.439. The molecule has 2 aromatic rings. The van der Waals surface area contributed by atoms with E-state index in [0.29, 0.717) is 17.8 Å². The molecule has 5 heteroatoms. The summed E-state index contributed by atoms with van der Waals surface area (Å²) in [5.74, 6) is -0.599. The summed E-state index contributed by atoms with van der Waals surface area (Å²) in [6.07, 6.45) is 0.287. The highest BCUT2D eigenvalue weighted by Gasteiger charge is 2.17. The summed E-state index contributed by atoms with van der Waals surface area (Å²) in [6, 6.07) is 15.0. The average molecular weight is 368 g/mol. The molecule has 0 fully saturated rings. The van der Waals surface area contributed by atoms with Crippen LogP contribution in [-0.2, 0) is 14.9 Å². The number of esters is 1. The van der Waals surface area contributed by atoms with Crippen LogP contribution in [0, 0.1) is 0 Å². The van der Waals surface area contributed by atoms with Crippen molar-refractivity contribution in [3.8, 4) is 0 Å². The Bertz CT molecular complexity index is 794. The van der Waals surface area contributed by atoms with Gasteiger partial charge in [-0.05, 0) is 36.1 Å². The predicted molar refractivity (Wildman–Crippen MR) is 109 cm³/mol. The normalized spacial score (nSPS) is 11.0. The van der Waals surface area contributed by atoms with Crippen molar-refractivity contribution in [2.24, 2.45) is 0 Å². The highest BCUT2D eigenvalue weighted by molar-refractivity contribution is 6.01. The monoisotopic (exact) mass is 368 g/mol. The molecule has 5 nitrogen and oxygen atoms in total. The van der Waals surface area contributed by atoms with E-state index in [1.807, 2.05) is 18.2 Å². The van der Waals surface area contributed by atoms with Crippen LogP contribution >= 0.6 is 0 Å². The van der Waals surface area contributed by atoms with Crippen LogP contribution < -0.4 is 10.6 Å². The van der Waals surface area contributed by atoms with Crippen molar-refractivity contribution in [3.63, 3.8) is 0 Å². The Kier molecular flexibility index (Phi) is 6.99. The molecule has 144 valence electrons. The van der Waals surface area contributed by atoms with E-state index in [4.69, 9.17) is 4.74 Å². The van der Waals surface area contributed by atoms with Gasteiger partial charge in [0.2, 0.25) is 5.91 Å². The Morgan fingerprint density at radius 1 is 0.963 bits per heavy atom. The van der Waals surface area contributed by atoms with Gasteiger partial charge >= 0.3 is 5.97 Å². The number of carbonyl (C=O) groups is 2. The van der Waals surface area contributed by atoms with Gasteiger partial charge in [-0.2, -0.15) is 0 Å². The Morgan fingerprint density at radius 2 is 1.59 bits per heavy atom. The SMILES string of the molecule is CCOC(=O)c1ccccc1NC(=O)CCNc1ccccc1C(C)(C)C. The number of hydrogen-bond donors (Lipinski definition) is 2. The summed E-state index contributed by atoms with van der Waals surface area (Å²) < 4.78 is 5.03. The van der Waals surface area contributed by atoms with Crippen LogP contribution in [-0.4, -0.2) is 25.0 Å². The minimum absolute atomic E-state index is 0.0183. The second-order valence-electron chi connectivity index (χ2n) is 7.29. The number of amides is 1. The average Bonchev–Trinajstić information content (AvgIpc) is 2.62. The number of benzene rings is 2. The van der Waals surface area contributed by atoms with E-state index in [0.717, 1.165) is 5.69 Å². The smallest absolute Gasteiger partial charge is 0.340 e. The molecule has 27 heavy (non-hydrogen) atoms. The topological polar surface area (TPSA) is 67.4 Å². The molecule has 0 aliphatic heterocycles. The van der Waals surface area contributed by atoms with Crippen molar-refractivity contribution in [1.82, 2.24) is 0 Å². The maximum absolute atomic E-state index is 12.3. The quantitative estimate of drug-likeness (QED) is 0.701. The summed E-state index contributed by atoms with van der Waals surface area (Å²) in [5, 5.41) is 6.14. The first kappa shape index (κ1) is 20.5. The molecule has 2 aromatic carbocycles. The molecule has 1 amide bonds. The van der Waals surface area contributed by atoms with Gasteiger partial charge in [-0.1, -0.05) is 51.1 Å². The van der Waals surface area contributed by atoms with Gasteiger partial charge in [0.15, 0.2) is 0 Å². The number of carbonyl (C=O) groups excluding carboxylic acids is 2. The van der Waals surface area contributed by atoms with Crippen LogP contribution in [0.3, 0.4) is 0 Å².